The Balaban J connectivity index is 1.71. The molecule has 198 valence electrons. The molecule has 5 rings (SSSR count). The van der Waals surface area contributed by atoms with Gasteiger partial charge in [-0.3, -0.25) is 14.5 Å². The zero-order chi connectivity index (χ0) is 27.0. The first-order chi connectivity index (χ1) is 18.2. The van der Waals surface area contributed by atoms with Crippen molar-refractivity contribution in [2.75, 3.05) is 28.2 Å². The molecule has 9 heteroatoms. The number of ketones is 1. The lowest BCUT2D eigenvalue weighted by molar-refractivity contribution is -0.170. The standard InChI is InChI=1S/C29H28F3N3O3/c1-3-34(4-2)20-13-11-18(12-14-20)27-26-22(16-19(17-24(26)36)25-10-7-15-38-25)33-21-8-5-6-9-23(21)35(27)28(37)29(30,31)32/h5-15,19,27,33H,3-4,16-17H2,1-2H3/t19-,27-/m1/s1. The van der Waals surface area contributed by atoms with Gasteiger partial charge in [-0.15, -0.1) is 0 Å². The number of nitrogens with one attached hydrogen (secondary N) is 1. The van der Waals surface area contributed by atoms with E-state index in [-0.39, 0.29) is 29.4 Å². The minimum Gasteiger partial charge on any atom is -0.469 e. The third-order valence-electron chi connectivity index (χ3n) is 7.23. The highest BCUT2D eigenvalue weighted by atomic mass is 19.4. The molecule has 3 aromatic rings. The summed E-state index contributed by atoms with van der Waals surface area (Å²) in [7, 11) is 0. The van der Waals surface area contributed by atoms with Gasteiger partial charge in [0, 0.05) is 42.4 Å². The highest BCUT2D eigenvalue weighted by Gasteiger charge is 2.50. The second kappa shape index (κ2) is 10.0. The molecule has 38 heavy (non-hydrogen) atoms. The third-order valence-corrected chi connectivity index (χ3v) is 7.23. The van der Waals surface area contributed by atoms with Crippen LogP contribution >= 0.6 is 0 Å². The van der Waals surface area contributed by atoms with Crippen LogP contribution in [0, 0.1) is 0 Å². The van der Waals surface area contributed by atoms with E-state index in [1.165, 1.54) is 12.3 Å². The second-order valence-electron chi connectivity index (χ2n) is 9.42. The third kappa shape index (κ3) is 4.57. The number of Topliss-reactive ketones (excluding diaryl/α,β-unsaturated/α-hetero) is 1. The predicted molar refractivity (Wildman–Crippen MR) is 139 cm³/mol. The monoisotopic (exact) mass is 523 g/mol. The number of anilines is 3. The van der Waals surface area contributed by atoms with Crippen molar-refractivity contribution in [3.63, 3.8) is 0 Å². The molecule has 0 bridgehead atoms. The van der Waals surface area contributed by atoms with Crippen molar-refractivity contribution < 1.29 is 27.2 Å². The van der Waals surface area contributed by atoms with Crippen LogP contribution in [0.15, 0.2) is 82.6 Å². The Hall–Kier alpha value is -4.01. The molecule has 0 fully saturated rings. The highest BCUT2D eigenvalue weighted by Crippen LogP contribution is 2.48. The maximum Gasteiger partial charge on any atom is 0.471 e. The van der Waals surface area contributed by atoms with Gasteiger partial charge in [0.1, 0.15) is 5.76 Å². The summed E-state index contributed by atoms with van der Waals surface area (Å²) >= 11 is 0. The van der Waals surface area contributed by atoms with Gasteiger partial charge in [0.2, 0.25) is 0 Å². The van der Waals surface area contributed by atoms with Crippen molar-refractivity contribution in [3.8, 4) is 0 Å². The highest BCUT2D eigenvalue weighted by molar-refractivity contribution is 6.07. The van der Waals surface area contributed by atoms with Crippen LogP contribution < -0.4 is 15.1 Å². The number of halogens is 3. The Morgan fingerprint density at radius 1 is 1.03 bits per heavy atom. The number of allylic oxidation sites excluding steroid dienone is 1. The molecule has 2 atom stereocenters. The summed E-state index contributed by atoms with van der Waals surface area (Å²) in [6.45, 7) is 5.55. The van der Waals surface area contributed by atoms with E-state index in [0.29, 0.717) is 29.1 Å². The average molecular weight is 524 g/mol. The first-order valence-corrected chi connectivity index (χ1v) is 12.6. The molecule has 0 spiro atoms. The van der Waals surface area contributed by atoms with Crippen LogP contribution in [0.25, 0.3) is 0 Å². The molecule has 0 radical (unpaired) electrons. The Bertz CT molecular complexity index is 1360. The van der Waals surface area contributed by atoms with Crippen LogP contribution in [0.3, 0.4) is 0 Å². The number of furan rings is 1. The summed E-state index contributed by atoms with van der Waals surface area (Å²) in [5.41, 5.74) is 2.37. The summed E-state index contributed by atoms with van der Waals surface area (Å²) in [4.78, 5) is 29.6. The fourth-order valence-corrected chi connectivity index (χ4v) is 5.45. The van der Waals surface area contributed by atoms with E-state index in [1.54, 1.807) is 42.5 Å². The van der Waals surface area contributed by atoms with E-state index in [2.05, 4.69) is 10.2 Å². The number of nitrogens with zero attached hydrogens (tertiary/aromatic N) is 2. The number of fused-ring (bicyclic) bond motifs is 1. The molecule has 2 aliphatic rings. The van der Waals surface area contributed by atoms with Crippen molar-refractivity contribution in [2.24, 2.45) is 0 Å². The van der Waals surface area contributed by atoms with Crippen molar-refractivity contribution in [3.05, 3.63) is 89.5 Å². The van der Waals surface area contributed by atoms with Crippen LogP contribution in [-0.2, 0) is 9.59 Å². The van der Waals surface area contributed by atoms with Crippen molar-refractivity contribution in [1.82, 2.24) is 0 Å². The lowest BCUT2D eigenvalue weighted by atomic mass is 9.80. The first-order valence-electron chi connectivity index (χ1n) is 12.6. The molecule has 1 aliphatic carbocycles. The molecule has 0 saturated heterocycles. The normalized spacial score (nSPS) is 19.4. The quantitative estimate of drug-likeness (QED) is 0.409. The van der Waals surface area contributed by atoms with E-state index in [9.17, 15) is 22.8 Å². The molecule has 2 aromatic carbocycles. The maximum absolute atomic E-state index is 14.0. The van der Waals surface area contributed by atoms with E-state index in [0.717, 1.165) is 23.7 Å². The predicted octanol–water partition coefficient (Wildman–Crippen LogP) is 6.59. The molecule has 1 N–H and O–H groups in total. The van der Waals surface area contributed by atoms with Gasteiger partial charge in [-0.1, -0.05) is 24.3 Å². The van der Waals surface area contributed by atoms with E-state index in [4.69, 9.17) is 4.42 Å². The SMILES string of the molecule is CCN(CC)c1ccc([C@@H]2C3=C(C[C@@H](c4ccco4)CC3=O)Nc3ccccc3N2C(=O)C(F)(F)F)cc1. The number of rotatable bonds is 5. The number of carbonyl (C=O) groups is 2. The zero-order valence-corrected chi connectivity index (χ0v) is 21.1. The topological polar surface area (TPSA) is 65.8 Å². The lowest BCUT2D eigenvalue weighted by Gasteiger charge is -2.35. The van der Waals surface area contributed by atoms with Gasteiger partial charge >= 0.3 is 12.1 Å². The minimum atomic E-state index is -5.15. The van der Waals surface area contributed by atoms with Gasteiger partial charge in [0.25, 0.3) is 0 Å². The molecule has 1 aliphatic heterocycles. The fraction of sp³-hybridized carbons (Fsp3) is 0.310. The Labute approximate surface area is 218 Å². The van der Waals surface area contributed by atoms with Crippen molar-refractivity contribution in [2.45, 2.75) is 44.8 Å². The van der Waals surface area contributed by atoms with Crippen LogP contribution in [0.5, 0.6) is 0 Å². The zero-order valence-electron chi connectivity index (χ0n) is 21.1. The Morgan fingerprint density at radius 3 is 2.37 bits per heavy atom. The maximum atomic E-state index is 14.0. The summed E-state index contributed by atoms with van der Waals surface area (Å²) in [5.74, 6) is -2.00. The molecule has 2 heterocycles. The van der Waals surface area contributed by atoms with Gasteiger partial charge in [-0.05, 0) is 62.2 Å². The van der Waals surface area contributed by atoms with Crippen LogP contribution in [0.2, 0.25) is 0 Å². The smallest absolute Gasteiger partial charge is 0.469 e. The summed E-state index contributed by atoms with van der Waals surface area (Å²) in [6, 6.07) is 15.7. The van der Waals surface area contributed by atoms with Gasteiger partial charge in [0.05, 0.1) is 23.7 Å². The summed E-state index contributed by atoms with van der Waals surface area (Å²) in [6.07, 6.45) is -3.20. The lowest BCUT2D eigenvalue weighted by Crippen LogP contribution is -2.45. The number of alkyl halides is 3. The van der Waals surface area contributed by atoms with Crippen molar-refractivity contribution in [1.29, 1.82) is 0 Å². The molecular formula is C29H28F3N3O3. The molecule has 0 saturated carbocycles. The first kappa shape index (κ1) is 25.6. The second-order valence-corrected chi connectivity index (χ2v) is 9.42. The number of hydrogen-bond donors (Lipinski definition) is 1. The van der Waals surface area contributed by atoms with Crippen molar-refractivity contribution >= 4 is 28.8 Å². The van der Waals surface area contributed by atoms with E-state index < -0.39 is 18.1 Å². The van der Waals surface area contributed by atoms with Crippen LogP contribution in [0.1, 0.15) is 50.0 Å². The number of para-hydroxylation sites is 2. The van der Waals surface area contributed by atoms with E-state index >= 15 is 0 Å². The average Bonchev–Trinajstić information content (AvgIpc) is 3.39. The Morgan fingerprint density at radius 2 is 1.74 bits per heavy atom. The molecule has 1 aromatic heterocycles. The fourth-order valence-electron chi connectivity index (χ4n) is 5.45. The molecule has 1 amide bonds. The summed E-state index contributed by atoms with van der Waals surface area (Å²) in [5, 5.41) is 3.22. The molecule has 6 nitrogen and oxygen atoms in total. The number of hydrogen-bond acceptors (Lipinski definition) is 5. The van der Waals surface area contributed by atoms with Gasteiger partial charge in [-0.2, -0.15) is 13.2 Å². The van der Waals surface area contributed by atoms with Crippen LogP contribution in [-0.4, -0.2) is 31.0 Å². The van der Waals surface area contributed by atoms with Gasteiger partial charge in [0.15, 0.2) is 5.78 Å². The number of carbonyl (C=O) groups excluding carboxylic acids is 2. The Kier molecular flexibility index (Phi) is 6.77. The van der Waals surface area contributed by atoms with E-state index in [1.807, 2.05) is 26.0 Å². The van der Waals surface area contributed by atoms with Gasteiger partial charge in [-0.25, -0.2) is 0 Å². The van der Waals surface area contributed by atoms with Gasteiger partial charge < -0.3 is 14.6 Å². The molecular weight excluding hydrogens is 495 g/mol. The minimum absolute atomic E-state index is 0.0596. The van der Waals surface area contributed by atoms with Crippen LogP contribution in [0.4, 0.5) is 30.2 Å². The number of amides is 1. The summed E-state index contributed by atoms with van der Waals surface area (Å²) < 4.78 is 47.7. The number of benzene rings is 2. The molecule has 0 unspecified atom stereocenters. The largest absolute Gasteiger partial charge is 0.471 e.